The molecule has 1 heterocycles. The summed E-state index contributed by atoms with van der Waals surface area (Å²) >= 11 is 0. The van der Waals surface area contributed by atoms with Crippen LogP contribution in [0.15, 0.2) is 72.8 Å². The smallest absolute Gasteiger partial charge is 0.347 e. The van der Waals surface area contributed by atoms with E-state index in [1.165, 1.54) is 5.56 Å². The van der Waals surface area contributed by atoms with E-state index in [0.717, 1.165) is 41.9 Å². The Kier molecular flexibility index (Phi) is 18.8. The van der Waals surface area contributed by atoms with Crippen molar-refractivity contribution >= 4 is 17.9 Å². The molecule has 1 aliphatic rings. The van der Waals surface area contributed by atoms with E-state index in [-0.39, 0.29) is 23.1 Å². The number of rotatable bonds is 16. The molecule has 2 unspecified atom stereocenters. The number of ether oxygens (including phenoxy) is 5. The third kappa shape index (κ3) is 15.7. The Morgan fingerprint density at radius 3 is 1.43 bits per heavy atom. The summed E-state index contributed by atoms with van der Waals surface area (Å²) in [6, 6.07) is 23.1. The highest BCUT2D eigenvalue weighted by molar-refractivity contribution is 5.82. The third-order valence-corrected chi connectivity index (χ3v) is 11.2. The van der Waals surface area contributed by atoms with Crippen LogP contribution in [0.5, 0.6) is 17.2 Å². The Labute approximate surface area is 349 Å². The molecule has 0 spiro atoms. The van der Waals surface area contributed by atoms with Crippen LogP contribution in [0, 0.1) is 10.8 Å². The minimum Gasteiger partial charge on any atom is -0.508 e. The monoisotopic (exact) mass is 805 g/mol. The van der Waals surface area contributed by atoms with Crippen LogP contribution in [0.25, 0.3) is 0 Å². The number of hydrogen-bond donors (Lipinski definition) is 1. The second-order valence-corrected chi connectivity index (χ2v) is 17.6. The minimum absolute atomic E-state index is 0.213. The first kappa shape index (κ1) is 49.6. The minimum atomic E-state index is -0.687. The van der Waals surface area contributed by atoms with Gasteiger partial charge in [-0.05, 0) is 147 Å². The normalized spacial score (nSPS) is 14.9. The van der Waals surface area contributed by atoms with Gasteiger partial charge in [0.2, 0.25) is 6.10 Å². The molecule has 1 saturated heterocycles. The highest BCUT2D eigenvalue weighted by Gasteiger charge is 2.35. The van der Waals surface area contributed by atoms with Gasteiger partial charge >= 0.3 is 17.9 Å². The number of hydrogen-bond acceptors (Lipinski definition) is 9. The van der Waals surface area contributed by atoms with E-state index in [0.29, 0.717) is 37.5 Å². The number of esters is 3. The zero-order valence-electron chi connectivity index (χ0n) is 37.8. The lowest BCUT2D eigenvalue weighted by atomic mass is 9.90. The molecule has 3 aromatic rings. The summed E-state index contributed by atoms with van der Waals surface area (Å²) in [7, 11) is 0. The van der Waals surface area contributed by atoms with E-state index in [4.69, 9.17) is 28.8 Å². The Hall–Kier alpha value is -4.53. The Morgan fingerprint density at radius 1 is 0.655 bits per heavy atom. The summed E-state index contributed by atoms with van der Waals surface area (Å²) in [6.45, 7) is 28.5. The van der Waals surface area contributed by atoms with Crippen molar-refractivity contribution in [3.63, 3.8) is 0 Å². The van der Waals surface area contributed by atoms with Crippen molar-refractivity contribution in [3.8, 4) is 17.2 Å². The molecule has 0 aromatic heterocycles. The lowest BCUT2D eigenvalue weighted by Crippen LogP contribution is -2.32. The molecule has 9 heteroatoms. The van der Waals surface area contributed by atoms with Gasteiger partial charge in [0, 0.05) is 6.42 Å². The molecule has 9 nitrogen and oxygen atoms in total. The number of benzene rings is 3. The molecule has 4 rings (SSSR count). The summed E-state index contributed by atoms with van der Waals surface area (Å²) in [5.74, 6) is 1.57. The van der Waals surface area contributed by atoms with Gasteiger partial charge in [0.15, 0.2) is 6.10 Å². The van der Waals surface area contributed by atoms with Crippen molar-refractivity contribution in [3.05, 3.63) is 89.5 Å². The fraction of sp³-hybridized carbons (Fsp3) is 0.571. The van der Waals surface area contributed by atoms with Gasteiger partial charge in [0.1, 0.15) is 28.5 Å². The number of aromatic hydroxyl groups is 1. The molecule has 3 aromatic carbocycles. The summed E-state index contributed by atoms with van der Waals surface area (Å²) in [4.78, 5) is 35.6. The first-order valence-electron chi connectivity index (χ1n) is 21.0. The average molecular weight is 805 g/mol. The Morgan fingerprint density at radius 2 is 1.07 bits per heavy atom. The Balaban J connectivity index is 0.000000376. The summed E-state index contributed by atoms with van der Waals surface area (Å²) in [5, 5.41) is 9.01. The molecular formula is C49H72O9. The van der Waals surface area contributed by atoms with Crippen molar-refractivity contribution < 1.29 is 43.2 Å². The average Bonchev–Trinajstić information content (AvgIpc) is 3.61. The first-order valence-corrected chi connectivity index (χ1v) is 21.0. The van der Waals surface area contributed by atoms with E-state index in [2.05, 4.69) is 55.4 Å². The molecule has 1 fully saturated rings. The maximum absolute atomic E-state index is 13.0. The largest absolute Gasteiger partial charge is 0.508 e. The zero-order chi connectivity index (χ0) is 43.9. The second-order valence-electron chi connectivity index (χ2n) is 17.6. The summed E-state index contributed by atoms with van der Waals surface area (Å²) < 4.78 is 28.0. The molecule has 322 valence electrons. The van der Waals surface area contributed by atoms with Gasteiger partial charge in [-0.25, -0.2) is 4.79 Å². The molecular weight excluding hydrogens is 733 g/mol. The molecule has 2 atom stereocenters. The first-order chi connectivity index (χ1) is 27.0. The van der Waals surface area contributed by atoms with E-state index >= 15 is 0 Å². The number of carbonyl (C=O) groups excluding carboxylic acids is 3. The van der Waals surface area contributed by atoms with Crippen LogP contribution in [-0.4, -0.2) is 46.9 Å². The zero-order valence-corrected chi connectivity index (χ0v) is 37.8. The van der Waals surface area contributed by atoms with Gasteiger partial charge in [-0.2, -0.15) is 0 Å². The van der Waals surface area contributed by atoms with Crippen molar-refractivity contribution in [2.75, 3.05) is 6.61 Å². The van der Waals surface area contributed by atoms with E-state index in [9.17, 15) is 14.4 Å². The highest BCUT2D eigenvalue weighted by Crippen LogP contribution is 2.34. The topological polar surface area (TPSA) is 118 Å². The van der Waals surface area contributed by atoms with Crippen LogP contribution in [0.3, 0.4) is 0 Å². The van der Waals surface area contributed by atoms with Gasteiger partial charge in [-0.1, -0.05) is 77.9 Å². The molecule has 0 aliphatic carbocycles. The van der Waals surface area contributed by atoms with Gasteiger partial charge in [0.25, 0.3) is 0 Å². The van der Waals surface area contributed by atoms with Crippen molar-refractivity contribution in [1.82, 2.24) is 0 Å². The fourth-order valence-electron chi connectivity index (χ4n) is 5.00. The molecule has 0 bridgehead atoms. The van der Waals surface area contributed by atoms with E-state index < -0.39 is 29.0 Å². The molecule has 0 amide bonds. The fourth-order valence-corrected chi connectivity index (χ4v) is 5.00. The van der Waals surface area contributed by atoms with Crippen LogP contribution in [0.2, 0.25) is 0 Å². The predicted molar refractivity (Wildman–Crippen MR) is 231 cm³/mol. The van der Waals surface area contributed by atoms with E-state index in [1.807, 2.05) is 88.4 Å². The maximum Gasteiger partial charge on any atom is 0.347 e. The molecule has 1 N–H and O–H groups in total. The number of carbonyl (C=O) groups is 3. The van der Waals surface area contributed by atoms with Crippen LogP contribution in [-0.2, 0) is 28.6 Å². The van der Waals surface area contributed by atoms with E-state index in [1.54, 1.807) is 26.0 Å². The second kappa shape index (κ2) is 22.0. The summed E-state index contributed by atoms with van der Waals surface area (Å²) in [5.41, 5.74) is 1.55. The standard InChI is InChI=1S/C29H42O4.C10H16O4.C10H14O/c1-10-27(4,5)26(30)31-25(21-13-17-23(18-14-21)32-28(6,7)11-2)22-15-19-24(20-16-22)33-29(8,9)12-3;1-4-10(2,3)9(12)14-7-5-6-13-8(7)11;1-3-8(2)9-4-6-10(11)7-5-9/h13-20,25H,10-12H2,1-9H3;7H,4-6H2,1-3H3;4-8,11H,3H2,1-2H3. The third-order valence-electron chi connectivity index (χ3n) is 11.2. The lowest BCUT2D eigenvalue weighted by Gasteiger charge is -2.28. The van der Waals surface area contributed by atoms with Gasteiger partial charge in [-0.3, -0.25) is 9.59 Å². The van der Waals surface area contributed by atoms with Gasteiger partial charge in [-0.15, -0.1) is 0 Å². The van der Waals surface area contributed by atoms with Crippen LogP contribution in [0.1, 0.15) is 164 Å². The van der Waals surface area contributed by atoms with Gasteiger partial charge in [0.05, 0.1) is 17.4 Å². The van der Waals surface area contributed by atoms with Crippen molar-refractivity contribution in [2.24, 2.45) is 10.8 Å². The SMILES string of the molecule is CCC(C)(C)C(=O)OC1CCOC1=O.CCC(C)(C)Oc1ccc(C(OC(=O)C(C)(C)CC)c2ccc(OC(C)(C)CC)cc2)cc1.CCC(C)c1ccc(O)cc1. The Bertz CT molecular complexity index is 1640. The maximum atomic E-state index is 13.0. The number of phenolic OH excluding ortho intramolecular Hbond substituents is 1. The van der Waals surface area contributed by atoms with Crippen LogP contribution in [0.4, 0.5) is 0 Å². The van der Waals surface area contributed by atoms with Crippen LogP contribution < -0.4 is 9.47 Å². The van der Waals surface area contributed by atoms with Crippen molar-refractivity contribution in [1.29, 1.82) is 0 Å². The number of cyclic esters (lactones) is 1. The lowest BCUT2D eigenvalue weighted by molar-refractivity contribution is -0.167. The number of phenols is 1. The molecule has 58 heavy (non-hydrogen) atoms. The highest BCUT2D eigenvalue weighted by atomic mass is 16.6. The summed E-state index contributed by atoms with van der Waals surface area (Å²) in [6.07, 6.45) is 3.63. The quantitative estimate of drug-likeness (QED) is 0.111. The van der Waals surface area contributed by atoms with Crippen molar-refractivity contribution in [2.45, 2.75) is 165 Å². The molecule has 1 aliphatic heterocycles. The van der Waals surface area contributed by atoms with Crippen LogP contribution >= 0.6 is 0 Å². The molecule has 0 radical (unpaired) electrons. The van der Waals surface area contributed by atoms with Gasteiger partial charge < -0.3 is 28.8 Å². The molecule has 0 saturated carbocycles. The predicted octanol–water partition coefficient (Wildman–Crippen LogP) is 12.1.